The van der Waals surface area contributed by atoms with Crippen molar-refractivity contribution in [3.8, 4) is 0 Å². The van der Waals surface area contributed by atoms with E-state index < -0.39 is 18.0 Å². The van der Waals surface area contributed by atoms with Crippen molar-refractivity contribution in [1.82, 2.24) is 0 Å². The average Bonchev–Trinajstić information content (AvgIpc) is 2.19. The molecule has 15 heavy (non-hydrogen) atoms. The molecule has 1 rings (SSSR count). The minimum atomic E-state index is -0.986. The zero-order valence-corrected chi connectivity index (χ0v) is 9.11. The molecule has 1 aromatic rings. The number of hydrogen-bond acceptors (Lipinski definition) is 2. The second-order valence-electron chi connectivity index (χ2n) is 3.35. The number of carboxylic acid groups (broad SMARTS) is 1. The van der Waals surface area contributed by atoms with E-state index in [1.54, 1.807) is 31.2 Å². The third-order valence-electron chi connectivity index (χ3n) is 2.35. The topological polar surface area (TPSA) is 57.5 Å². The van der Waals surface area contributed by atoms with Gasteiger partial charge in [0.05, 0.1) is 12.0 Å². The molecule has 2 N–H and O–H groups in total. The minimum Gasteiger partial charge on any atom is -0.481 e. The van der Waals surface area contributed by atoms with Crippen LogP contribution < -0.4 is 0 Å². The van der Waals surface area contributed by atoms with Gasteiger partial charge >= 0.3 is 5.97 Å². The van der Waals surface area contributed by atoms with E-state index in [9.17, 15) is 9.90 Å². The first-order valence-electron chi connectivity index (χ1n) is 4.72. The van der Waals surface area contributed by atoms with E-state index in [4.69, 9.17) is 16.7 Å². The molecule has 0 saturated carbocycles. The Balaban J connectivity index is 2.87. The maximum absolute atomic E-state index is 10.8. The van der Waals surface area contributed by atoms with Crippen molar-refractivity contribution in [2.45, 2.75) is 19.4 Å². The molecule has 2 unspecified atom stereocenters. The van der Waals surface area contributed by atoms with Crippen molar-refractivity contribution in [3.63, 3.8) is 0 Å². The highest BCUT2D eigenvalue weighted by molar-refractivity contribution is 6.30. The van der Waals surface area contributed by atoms with Crippen LogP contribution >= 0.6 is 11.6 Å². The summed E-state index contributed by atoms with van der Waals surface area (Å²) in [6.07, 6.45) is -0.594. The molecule has 4 heteroatoms. The van der Waals surface area contributed by atoms with Gasteiger partial charge in [-0.2, -0.15) is 0 Å². The van der Waals surface area contributed by atoms with Crippen molar-refractivity contribution >= 4 is 17.6 Å². The van der Waals surface area contributed by atoms with Crippen LogP contribution in [-0.2, 0) is 4.79 Å². The van der Waals surface area contributed by atoms with Gasteiger partial charge in [0.25, 0.3) is 0 Å². The van der Waals surface area contributed by atoms with Gasteiger partial charge in [0.2, 0.25) is 0 Å². The van der Waals surface area contributed by atoms with Crippen molar-refractivity contribution in [3.05, 3.63) is 34.9 Å². The first kappa shape index (κ1) is 12.0. The van der Waals surface area contributed by atoms with Crippen molar-refractivity contribution in [1.29, 1.82) is 0 Å². The summed E-state index contributed by atoms with van der Waals surface area (Å²) in [5.41, 5.74) is 0.577. The molecule has 0 amide bonds. The zero-order valence-electron chi connectivity index (χ0n) is 8.35. The zero-order chi connectivity index (χ0) is 11.4. The third-order valence-corrected chi connectivity index (χ3v) is 2.60. The molecule has 0 aliphatic carbocycles. The highest BCUT2D eigenvalue weighted by Crippen LogP contribution is 2.25. The third kappa shape index (κ3) is 2.94. The molecule has 0 aliphatic heterocycles. The lowest BCUT2D eigenvalue weighted by atomic mass is 9.94. The lowest BCUT2D eigenvalue weighted by Crippen LogP contribution is -2.21. The van der Waals surface area contributed by atoms with Crippen LogP contribution in [0.5, 0.6) is 0 Å². The minimum absolute atomic E-state index is 0.388. The smallest absolute Gasteiger partial charge is 0.309 e. The van der Waals surface area contributed by atoms with Gasteiger partial charge in [-0.1, -0.05) is 30.7 Å². The lowest BCUT2D eigenvalue weighted by molar-refractivity contribution is -0.146. The Kier molecular flexibility index (Phi) is 4.12. The molecule has 0 radical (unpaired) electrons. The molecule has 0 fully saturated rings. The van der Waals surface area contributed by atoms with Crippen LogP contribution in [0.4, 0.5) is 0 Å². The van der Waals surface area contributed by atoms with Gasteiger partial charge in [-0.05, 0) is 24.1 Å². The quantitative estimate of drug-likeness (QED) is 0.833. The van der Waals surface area contributed by atoms with Crippen LogP contribution in [0.1, 0.15) is 25.0 Å². The highest BCUT2D eigenvalue weighted by atomic mass is 35.5. The summed E-state index contributed by atoms with van der Waals surface area (Å²) in [5.74, 6) is -1.76. The van der Waals surface area contributed by atoms with Crippen LogP contribution in [0.3, 0.4) is 0 Å². The second kappa shape index (κ2) is 5.14. The van der Waals surface area contributed by atoms with Gasteiger partial charge in [-0.3, -0.25) is 4.79 Å². The average molecular weight is 229 g/mol. The molecular formula is C11H13ClO3. The van der Waals surface area contributed by atoms with Gasteiger partial charge in [0, 0.05) is 5.02 Å². The molecule has 0 bridgehead atoms. The monoisotopic (exact) mass is 228 g/mol. The molecular weight excluding hydrogens is 216 g/mol. The van der Waals surface area contributed by atoms with Crippen LogP contribution in [0.2, 0.25) is 5.02 Å². The van der Waals surface area contributed by atoms with E-state index in [1.165, 1.54) is 0 Å². The summed E-state index contributed by atoms with van der Waals surface area (Å²) >= 11 is 5.69. The van der Waals surface area contributed by atoms with Crippen molar-refractivity contribution < 1.29 is 15.0 Å². The molecule has 3 nitrogen and oxygen atoms in total. The molecule has 0 aromatic heterocycles. The van der Waals surface area contributed by atoms with E-state index in [-0.39, 0.29) is 0 Å². The lowest BCUT2D eigenvalue weighted by Gasteiger charge is -2.17. The van der Waals surface area contributed by atoms with Gasteiger partial charge in [-0.15, -0.1) is 0 Å². The fourth-order valence-electron chi connectivity index (χ4n) is 1.43. The largest absolute Gasteiger partial charge is 0.481 e. The number of aliphatic hydroxyl groups excluding tert-OH is 1. The predicted molar refractivity (Wildman–Crippen MR) is 57.8 cm³/mol. The number of carbonyl (C=O) groups is 1. The number of hydrogen-bond donors (Lipinski definition) is 2. The molecule has 0 aliphatic rings. The van der Waals surface area contributed by atoms with Crippen LogP contribution in [0.15, 0.2) is 24.3 Å². The Labute approximate surface area is 93.3 Å². The van der Waals surface area contributed by atoms with Crippen molar-refractivity contribution in [2.75, 3.05) is 0 Å². The van der Waals surface area contributed by atoms with Crippen LogP contribution in [-0.4, -0.2) is 16.2 Å². The summed E-state index contributed by atoms with van der Waals surface area (Å²) in [6, 6.07) is 6.54. The normalized spacial score (nSPS) is 14.6. The summed E-state index contributed by atoms with van der Waals surface area (Å²) in [6.45, 7) is 1.73. The maximum atomic E-state index is 10.8. The highest BCUT2D eigenvalue weighted by Gasteiger charge is 2.25. The van der Waals surface area contributed by atoms with Gasteiger partial charge in [0.15, 0.2) is 0 Å². The van der Waals surface area contributed by atoms with Gasteiger partial charge in [-0.25, -0.2) is 0 Å². The fourth-order valence-corrected chi connectivity index (χ4v) is 1.55. The number of rotatable bonds is 4. The van der Waals surface area contributed by atoms with Crippen molar-refractivity contribution in [2.24, 2.45) is 5.92 Å². The number of benzene rings is 1. The Hall–Kier alpha value is -1.06. The van der Waals surface area contributed by atoms with Crippen LogP contribution in [0.25, 0.3) is 0 Å². The molecule has 0 spiro atoms. The molecule has 0 heterocycles. The Bertz CT molecular complexity index is 334. The standard InChI is InChI=1S/C11H13ClO3/c1-2-9(11(14)15)10(13)7-3-5-8(12)6-4-7/h3-6,9-10,13H,2H2,1H3,(H,14,15). The Morgan fingerprint density at radius 1 is 1.40 bits per heavy atom. The van der Waals surface area contributed by atoms with Gasteiger partial charge < -0.3 is 10.2 Å². The summed E-state index contributed by atoms with van der Waals surface area (Å²) < 4.78 is 0. The molecule has 82 valence electrons. The van der Waals surface area contributed by atoms with E-state index in [1.807, 2.05) is 0 Å². The molecule has 1 aromatic carbocycles. The van der Waals surface area contributed by atoms with Crippen LogP contribution in [0, 0.1) is 5.92 Å². The second-order valence-corrected chi connectivity index (χ2v) is 3.79. The first-order chi connectivity index (χ1) is 7.06. The number of aliphatic carboxylic acids is 1. The van der Waals surface area contributed by atoms with E-state index in [2.05, 4.69) is 0 Å². The van der Waals surface area contributed by atoms with Gasteiger partial charge in [0.1, 0.15) is 0 Å². The predicted octanol–water partition coefficient (Wildman–Crippen LogP) is 2.48. The summed E-state index contributed by atoms with van der Waals surface area (Å²) in [4.78, 5) is 10.8. The van der Waals surface area contributed by atoms with E-state index in [0.29, 0.717) is 17.0 Å². The number of aliphatic hydroxyl groups is 1. The van der Waals surface area contributed by atoms with E-state index in [0.717, 1.165) is 0 Å². The Morgan fingerprint density at radius 3 is 2.33 bits per heavy atom. The Morgan fingerprint density at radius 2 is 1.93 bits per heavy atom. The number of carboxylic acids is 1. The molecule has 2 atom stereocenters. The fraction of sp³-hybridized carbons (Fsp3) is 0.364. The number of halogens is 1. The van der Waals surface area contributed by atoms with E-state index >= 15 is 0 Å². The maximum Gasteiger partial charge on any atom is 0.309 e. The SMILES string of the molecule is CCC(C(=O)O)C(O)c1ccc(Cl)cc1. The summed E-state index contributed by atoms with van der Waals surface area (Å²) in [5, 5.41) is 19.3. The molecule has 0 saturated heterocycles. The first-order valence-corrected chi connectivity index (χ1v) is 5.10. The summed E-state index contributed by atoms with van der Waals surface area (Å²) in [7, 11) is 0.